The number of carboxylic acid groups (broad SMARTS) is 1. The molecule has 1 saturated carbocycles. The second-order valence-corrected chi connectivity index (χ2v) is 6.89. The molecule has 24 heavy (non-hydrogen) atoms. The van der Waals surface area contributed by atoms with Gasteiger partial charge >= 0.3 is 5.97 Å². The molecule has 0 radical (unpaired) electrons. The van der Waals surface area contributed by atoms with E-state index in [0.29, 0.717) is 25.9 Å². The molecule has 0 heterocycles. The Morgan fingerprint density at radius 1 is 1.17 bits per heavy atom. The molecule has 0 amide bonds. The second-order valence-electron chi connectivity index (χ2n) is 6.89. The SMILES string of the molecule is CCCCOC(C=O)C(CC1CCCCC1)(OCCCC)C(=O)O. The van der Waals surface area contributed by atoms with E-state index in [1.165, 1.54) is 6.42 Å². The first kappa shape index (κ1) is 21.1. The second kappa shape index (κ2) is 11.6. The maximum atomic E-state index is 12.2. The van der Waals surface area contributed by atoms with Crippen LogP contribution in [0.5, 0.6) is 0 Å². The molecule has 0 saturated heterocycles. The number of hydrogen-bond donors (Lipinski definition) is 1. The van der Waals surface area contributed by atoms with E-state index >= 15 is 0 Å². The van der Waals surface area contributed by atoms with Crippen LogP contribution >= 0.6 is 0 Å². The summed E-state index contributed by atoms with van der Waals surface area (Å²) in [6, 6.07) is 0. The van der Waals surface area contributed by atoms with E-state index in [1.54, 1.807) is 0 Å². The molecule has 1 fully saturated rings. The molecule has 1 aliphatic rings. The van der Waals surface area contributed by atoms with Crippen molar-refractivity contribution in [3.8, 4) is 0 Å². The summed E-state index contributed by atoms with van der Waals surface area (Å²) in [7, 11) is 0. The fourth-order valence-corrected chi connectivity index (χ4v) is 3.39. The van der Waals surface area contributed by atoms with Gasteiger partial charge in [-0.25, -0.2) is 4.79 Å². The maximum absolute atomic E-state index is 12.2. The zero-order chi connectivity index (χ0) is 17.8. The summed E-state index contributed by atoms with van der Waals surface area (Å²) in [6.07, 6.45) is 8.85. The first-order valence-corrected chi connectivity index (χ1v) is 9.55. The summed E-state index contributed by atoms with van der Waals surface area (Å²) in [4.78, 5) is 23.8. The Balaban J connectivity index is 2.93. The third-order valence-corrected chi connectivity index (χ3v) is 4.91. The summed E-state index contributed by atoms with van der Waals surface area (Å²) in [6.45, 7) is 4.79. The molecule has 0 aromatic carbocycles. The number of aliphatic carboxylic acids is 1. The van der Waals surface area contributed by atoms with Crippen molar-refractivity contribution < 1.29 is 24.2 Å². The van der Waals surface area contributed by atoms with Gasteiger partial charge in [-0.15, -0.1) is 0 Å². The van der Waals surface area contributed by atoms with Crippen LogP contribution in [0.1, 0.15) is 78.1 Å². The highest BCUT2D eigenvalue weighted by atomic mass is 16.6. The predicted molar refractivity (Wildman–Crippen MR) is 93.1 cm³/mol. The summed E-state index contributed by atoms with van der Waals surface area (Å²) < 4.78 is 11.5. The van der Waals surface area contributed by atoms with Gasteiger partial charge < -0.3 is 19.4 Å². The summed E-state index contributed by atoms with van der Waals surface area (Å²) in [5, 5.41) is 9.95. The molecule has 5 nitrogen and oxygen atoms in total. The number of carbonyl (C=O) groups excluding carboxylic acids is 1. The molecule has 1 N–H and O–H groups in total. The van der Waals surface area contributed by atoms with Crippen LogP contribution in [0.4, 0.5) is 0 Å². The van der Waals surface area contributed by atoms with Gasteiger partial charge in [-0.3, -0.25) is 0 Å². The van der Waals surface area contributed by atoms with Gasteiger partial charge in [-0.1, -0.05) is 58.8 Å². The molecule has 0 aromatic rings. The largest absolute Gasteiger partial charge is 0.479 e. The molecular weight excluding hydrogens is 308 g/mol. The average Bonchev–Trinajstić information content (AvgIpc) is 2.59. The molecule has 2 atom stereocenters. The molecule has 0 spiro atoms. The highest BCUT2D eigenvalue weighted by Gasteiger charge is 2.49. The van der Waals surface area contributed by atoms with Gasteiger partial charge in [-0.2, -0.15) is 0 Å². The average molecular weight is 342 g/mol. The van der Waals surface area contributed by atoms with Gasteiger partial charge in [0.25, 0.3) is 0 Å². The van der Waals surface area contributed by atoms with E-state index in [-0.39, 0.29) is 5.92 Å². The highest BCUT2D eigenvalue weighted by molar-refractivity contribution is 5.83. The lowest BCUT2D eigenvalue weighted by atomic mass is 9.78. The van der Waals surface area contributed by atoms with Gasteiger partial charge in [0.15, 0.2) is 18.0 Å². The van der Waals surface area contributed by atoms with Gasteiger partial charge in [0.2, 0.25) is 0 Å². The van der Waals surface area contributed by atoms with Gasteiger partial charge in [0.05, 0.1) is 0 Å². The zero-order valence-electron chi connectivity index (χ0n) is 15.3. The van der Waals surface area contributed by atoms with E-state index in [2.05, 4.69) is 0 Å². The molecule has 2 unspecified atom stereocenters. The Bertz CT molecular complexity index is 365. The topological polar surface area (TPSA) is 72.8 Å². The Hall–Kier alpha value is -0.940. The molecule has 5 heteroatoms. The fraction of sp³-hybridized carbons (Fsp3) is 0.895. The lowest BCUT2D eigenvalue weighted by Crippen LogP contribution is -2.55. The Kier molecular flexibility index (Phi) is 10.2. The summed E-state index contributed by atoms with van der Waals surface area (Å²) in [5.74, 6) is -0.786. The molecule has 0 aliphatic heterocycles. The maximum Gasteiger partial charge on any atom is 0.339 e. The van der Waals surface area contributed by atoms with Crippen molar-refractivity contribution in [2.24, 2.45) is 5.92 Å². The quantitative estimate of drug-likeness (QED) is 0.405. The van der Waals surface area contributed by atoms with Gasteiger partial charge in [0.1, 0.15) is 0 Å². The molecule has 1 rings (SSSR count). The van der Waals surface area contributed by atoms with Gasteiger partial charge in [-0.05, 0) is 25.2 Å². The number of unbranched alkanes of at least 4 members (excludes halogenated alkanes) is 2. The third-order valence-electron chi connectivity index (χ3n) is 4.91. The minimum Gasteiger partial charge on any atom is -0.479 e. The third kappa shape index (κ3) is 6.17. The van der Waals surface area contributed by atoms with Crippen molar-refractivity contribution in [2.75, 3.05) is 13.2 Å². The first-order valence-electron chi connectivity index (χ1n) is 9.55. The van der Waals surface area contributed by atoms with E-state index < -0.39 is 17.7 Å². The van der Waals surface area contributed by atoms with E-state index in [9.17, 15) is 14.7 Å². The van der Waals surface area contributed by atoms with Crippen LogP contribution in [0.15, 0.2) is 0 Å². The summed E-state index contributed by atoms with van der Waals surface area (Å²) in [5.41, 5.74) is -1.55. The van der Waals surface area contributed by atoms with Crippen molar-refractivity contribution in [3.63, 3.8) is 0 Å². The predicted octanol–water partition coefficient (Wildman–Crippen LogP) is 3.98. The van der Waals surface area contributed by atoms with Crippen molar-refractivity contribution in [1.82, 2.24) is 0 Å². The van der Waals surface area contributed by atoms with Crippen molar-refractivity contribution in [3.05, 3.63) is 0 Å². The minimum absolute atomic E-state index is 0.286. The van der Waals surface area contributed by atoms with E-state index in [1.807, 2.05) is 13.8 Å². The minimum atomic E-state index is -1.55. The standard InChI is InChI=1S/C19H34O5/c1-3-5-12-23-17(15-20)19(18(21)22,24-13-6-4-2)14-16-10-8-7-9-11-16/h15-17H,3-14H2,1-2H3,(H,21,22). The Morgan fingerprint density at radius 3 is 2.33 bits per heavy atom. The Morgan fingerprint density at radius 2 is 1.79 bits per heavy atom. The van der Waals surface area contributed by atoms with E-state index in [0.717, 1.165) is 51.4 Å². The first-order chi connectivity index (χ1) is 11.6. The van der Waals surface area contributed by atoms with Crippen LogP contribution < -0.4 is 0 Å². The van der Waals surface area contributed by atoms with Crippen LogP contribution in [-0.2, 0) is 19.1 Å². The van der Waals surface area contributed by atoms with Crippen LogP contribution in [-0.4, -0.2) is 42.3 Å². The number of ether oxygens (including phenoxy) is 2. The van der Waals surface area contributed by atoms with Crippen molar-refractivity contribution >= 4 is 12.3 Å². The van der Waals surface area contributed by atoms with Crippen LogP contribution in [0, 0.1) is 5.92 Å². The number of rotatable bonds is 13. The van der Waals surface area contributed by atoms with Crippen molar-refractivity contribution in [1.29, 1.82) is 0 Å². The number of carbonyl (C=O) groups is 2. The molecular formula is C19H34O5. The van der Waals surface area contributed by atoms with Crippen LogP contribution in [0.3, 0.4) is 0 Å². The normalized spacial score (nSPS) is 19.6. The zero-order valence-corrected chi connectivity index (χ0v) is 15.3. The Labute approximate surface area is 146 Å². The monoisotopic (exact) mass is 342 g/mol. The van der Waals surface area contributed by atoms with Gasteiger partial charge in [0, 0.05) is 13.2 Å². The van der Waals surface area contributed by atoms with Crippen molar-refractivity contribution in [2.45, 2.75) is 89.8 Å². The lowest BCUT2D eigenvalue weighted by Gasteiger charge is -2.37. The van der Waals surface area contributed by atoms with Crippen LogP contribution in [0.25, 0.3) is 0 Å². The number of aldehydes is 1. The van der Waals surface area contributed by atoms with Crippen LogP contribution in [0.2, 0.25) is 0 Å². The number of carboxylic acids is 1. The molecule has 0 aromatic heterocycles. The highest BCUT2D eigenvalue weighted by Crippen LogP contribution is 2.35. The smallest absolute Gasteiger partial charge is 0.339 e. The molecule has 140 valence electrons. The fourth-order valence-electron chi connectivity index (χ4n) is 3.39. The number of hydrogen-bond acceptors (Lipinski definition) is 4. The molecule has 1 aliphatic carbocycles. The molecule has 0 bridgehead atoms. The van der Waals surface area contributed by atoms with E-state index in [4.69, 9.17) is 9.47 Å². The summed E-state index contributed by atoms with van der Waals surface area (Å²) >= 11 is 0. The lowest BCUT2D eigenvalue weighted by molar-refractivity contribution is -0.194.